The zero-order valence-corrected chi connectivity index (χ0v) is 18.2. The quantitative estimate of drug-likeness (QED) is 0.201. The van der Waals surface area contributed by atoms with Crippen molar-refractivity contribution in [2.24, 2.45) is 12.0 Å². The van der Waals surface area contributed by atoms with Crippen molar-refractivity contribution >= 4 is 29.9 Å². The molecule has 1 unspecified atom stereocenters. The fourth-order valence-corrected chi connectivity index (χ4v) is 2.09. The Hall–Kier alpha value is -0.870. The van der Waals surface area contributed by atoms with Crippen molar-refractivity contribution in [2.45, 2.75) is 45.6 Å². The van der Waals surface area contributed by atoms with Crippen molar-refractivity contribution in [3.63, 3.8) is 0 Å². The first-order valence-corrected chi connectivity index (χ1v) is 8.81. The standard InChI is InChI=1S/C17H33N5O2.HI/c1-5-7-10-24-11-8-9-19-16(18-6-2)20-14-17(3,23)15-12-21-22(4)13-15;/h12-13,23H,5-11,14H2,1-4H3,(H2,18,19,20);1H. The minimum absolute atomic E-state index is 0. The molecule has 8 heteroatoms. The number of aromatic nitrogens is 2. The largest absolute Gasteiger partial charge is 0.383 e. The van der Waals surface area contributed by atoms with Crippen LogP contribution in [0.5, 0.6) is 0 Å². The van der Waals surface area contributed by atoms with Gasteiger partial charge in [-0.05, 0) is 26.7 Å². The first kappa shape index (κ1) is 24.1. The van der Waals surface area contributed by atoms with E-state index in [2.05, 4.69) is 27.6 Å². The number of ether oxygens (including phenoxy) is 1. The molecule has 1 aromatic rings. The summed E-state index contributed by atoms with van der Waals surface area (Å²) in [6.07, 6.45) is 6.67. The molecule has 0 saturated heterocycles. The summed E-state index contributed by atoms with van der Waals surface area (Å²) in [7, 11) is 1.83. The highest BCUT2D eigenvalue weighted by molar-refractivity contribution is 14.0. The molecule has 1 rings (SSSR count). The third-order valence-electron chi connectivity index (χ3n) is 3.62. The monoisotopic (exact) mass is 467 g/mol. The van der Waals surface area contributed by atoms with Crippen molar-refractivity contribution in [1.29, 1.82) is 0 Å². The van der Waals surface area contributed by atoms with E-state index in [0.29, 0.717) is 5.96 Å². The number of aliphatic hydroxyl groups is 1. The van der Waals surface area contributed by atoms with Gasteiger partial charge in [0.25, 0.3) is 0 Å². The number of hydrogen-bond acceptors (Lipinski definition) is 4. The summed E-state index contributed by atoms with van der Waals surface area (Å²) in [5.74, 6) is 0.704. The lowest BCUT2D eigenvalue weighted by molar-refractivity contribution is 0.0671. The van der Waals surface area contributed by atoms with E-state index in [1.807, 2.05) is 20.2 Å². The lowest BCUT2D eigenvalue weighted by Gasteiger charge is -2.20. The Morgan fingerprint density at radius 2 is 2.04 bits per heavy atom. The molecule has 7 nitrogen and oxygen atoms in total. The van der Waals surface area contributed by atoms with Gasteiger partial charge in [-0.25, -0.2) is 4.99 Å². The SMILES string of the molecule is CCCCOCCCNC(=NCC(C)(O)c1cnn(C)c1)NCC.I. The second kappa shape index (κ2) is 13.3. The number of nitrogens with zero attached hydrogens (tertiary/aromatic N) is 3. The second-order valence-electron chi connectivity index (χ2n) is 6.12. The lowest BCUT2D eigenvalue weighted by Crippen LogP contribution is -2.39. The van der Waals surface area contributed by atoms with Crippen molar-refractivity contribution < 1.29 is 9.84 Å². The predicted molar refractivity (Wildman–Crippen MR) is 113 cm³/mol. The number of halogens is 1. The summed E-state index contributed by atoms with van der Waals surface area (Å²) in [6, 6.07) is 0. The number of unbranched alkanes of at least 4 members (excludes halogenated alkanes) is 1. The van der Waals surface area contributed by atoms with Gasteiger partial charge in [0.1, 0.15) is 5.60 Å². The minimum atomic E-state index is -1.04. The van der Waals surface area contributed by atoms with E-state index in [1.54, 1.807) is 17.8 Å². The maximum atomic E-state index is 10.6. The predicted octanol–water partition coefficient (Wildman–Crippen LogP) is 2.01. The molecule has 0 aromatic carbocycles. The molecule has 1 aromatic heterocycles. The zero-order valence-electron chi connectivity index (χ0n) is 15.9. The van der Waals surface area contributed by atoms with Gasteiger partial charge in [-0.2, -0.15) is 5.10 Å². The number of guanidine groups is 1. The molecule has 0 aliphatic carbocycles. The Balaban J connectivity index is 0.00000576. The van der Waals surface area contributed by atoms with Crippen LogP contribution in [0.25, 0.3) is 0 Å². The third kappa shape index (κ3) is 10.0. The fourth-order valence-electron chi connectivity index (χ4n) is 2.09. The van der Waals surface area contributed by atoms with Crippen LogP contribution < -0.4 is 10.6 Å². The number of hydrogen-bond donors (Lipinski definition) is 3. The van der Waals surface area contributed by atoms with E-state index in [9.17, 15) is 5.11 Å². The molecule has 25 heavy (non-hydrogen) atoms. The van der Waals surface area contributed by atoms with Crippen molar-refractivity contribution in [2.75, 3.05) is 32.8 Å². The molecule has 0 aliphatic heterocycles. The minimum Gasteiger partial charge on any atom is -0.383 e. The molecule has 0 aliphatic rings. The Morgan fingerprint density at radius 1 is 1.32 bits per heavy atom. The summed E-state index contributed by atoms with van der Waals surface area (Å²) in [5.41, 5.74) is -0.284. The van der Waals surface area contributed by atoms with Crippen LogP contribution in [-0.4, -0.2) is 53.7 Å². The zero-order chi connectivity index (χ0) is 17.8. The molecule has 146 valence electrons. The highest BCUT2D eigenvalue weighted by Crippen LogP contribution is 2.19. The van der Waals surface area contributed by atoms with Gasteiger partial charge in [0.15, 0.2) is 5.96 Å². The van der Waals surface area contributed by atoms with Crippen LogP contribution in [-0.2, 0) is 17.4 Å². The molecule has 0 amide bonds. The van der Waals surface area contributed by atoms with E-state index in [1.165, 1.54) is 0 Å². The van der Waals surface area contributed by atoms with E-state index < -0.39 is 5.60 Å². The second-order valence-corrected chi connectivity index (χ2v) is 6.12. The summed E-state index contributed by atoms with van der Waals surface area (Å²) >= 11 is 0. The van der Waals surface area contributed by atoms with Crippen LogP contribution in [0.15, 0.2) is 17.4 Å². The van der Waals surface area contributed by atoms with Crippen LogP contribution in [0.4, 0.5) is 0 Å². The van der Waals surface area contributed by atoms with Crippen LogP contribution in [0, 0.1) is 0 Å². The molecular formula is C17H34IN5O2. The van der Waals surface area contributed by atoms with Crippen molar-refractivity contribution in [3.05, 3.63) is 18.0 Å². The van der Waals surface area contributed by atoms with E-state index in [4.69, 9.17) is 4.74 Å². The van der Waals surface area contributed by atoms with E-state index in [-0.39, 0.29) is 30.5 Å². The molecule has 1 heterocycles. The number of nitrogens with one attached hydrogen (secondary N) is 2. The first-order chi connectivity index (χ1) is 11.5. The average Bonchev–Trinajstić information content (AvgIpc) is 2.99. The van der Waals surface area contributed by atoms with Crippen molar-refractivity contribution in [1.82, 2.24) is 20.4 Å². The molecule has 0 radical (unpaired) electrons. The lowest BCUT2D eigenvalue weighted by atomic mass is 10.0. The molecule has 0 saturated carbocycles. The average molecular weight is 467 g/mol. The molecule has 0 bridgehead atoms. The van der Waals surface area contributed by atoms with Gasteiger partial charge in [0.2, 0.25) is 0 Å². The Bertz CT molecular complexity index is 491. The van der Waals surface area contributed by atoms with Gasteiger partial charge in [-0.15, -0.1) is 24.0 Å². The van der Waals surface area contributed by atoms with Gasteiger partial charge < -0.3 is 20.5 Å². The van der Waals surface area contributed by atoms with Gasteiger partial charge in [0, 0.05) is 45.1 Å². The first-order valence-electron chi connectivity index (χ1n) is 8.81. The summed E-state index contributed by atoms with van der Waals surface area (Å²) in [4.78, 5) is 4.48. The van der Waals surface area contributed by atoms with Crippen LogP contribution in [0.2, 0.25) is 0 Å². The molecule has 3 N–H and O–H groups in total. The van der Waals surface area contributed by atoms with E-state index >= 15 is 0 Å². The van der Waals surface area contributed by atoms with Crippen LogP contribution in [0.1, 0.15) is 45.6 Å². The van der Waals surface area contributed by atoms with Crippen LogP contribution >= 0.6 is 24.0 Å². The topological polar surface area (TPSA) is 83.7 Å². The van der Waals surface area contributed by atoms with Crippen LogP contribution in [0.3, 0.4) is 0 Å². The molecule has 0 spiro atoms. The highest BCUT2D eigenvalue weighted by atomic mass is 127. The van der Waals surface area contributed by atoms with Crippen molar-refractivity contribution in [3.8, 4) is 0 Å². The summed E-state index contributed by atoms with van der Waals surface area (Å²) < 4.78 is 7.22. The number of rotatable bonds is 11. The Labute approximate surface area is 168 Å². The molecule has 1 atom stereocenters. The summed E-state index contributed by atoms with van der Waals surface area (Å²) in [5, 5.41) is 21.1. The fraction of sp³-hybridized carbons (Fsp3) is 0.765. The van der Waals surface area contributed by atoms with Gasteiger partial charge in [-0.1, -0.05) is 13.3 Å². The van der Waals surface area contributed by atoms with Gasteiger partial charge >= 0.3 is 0 Å². The Kier molecular flexibility index (Phi) is 12.9. The molecule has 0 fully saturated rings. The smallest absolute Gasteiger partial charge is 0.191 e. The number of aryl methyl sites for hydroxylation is 1. The molecular weight excluding hydrogens is 433 g/mol. The third-order valence-corrected chi connectivity index (χ3v) is 3.62. The van der Waals surface area contributed by atoms with Gasteiger partial charge in [-0.3, -0.25) is 4.68 Å². The van der Waals surface area contributed by atoms with E-state index in [0.717, 1.165) is 51.1 Å². The Morgan fingerprint density at radius 3 is 2.64 bits per heavy atom. The normalized spacial score (nSPS) is 13.9. The highest BCUT2D eigenvalue weighted by Gasteiger charge is 2.24. The number of aliphatic imine (C=N–C) groups is 1. The maximum absolute atomic E-state index is 10.6. The maximum Gasteiger partial charge on any atom is 0.191 e. The summed E-state index contributed by atoms with van der Waals surface area (Å²) in [6.45, 7) is 9.33. The van der Waals surface area contributed by atoms with Gasteiger partial charge in [0.05, 0.1) is 12.7 Å².